The fourth-order valence-electron chi connectivity index (χ4n) is 3.22. The minimum Gasteiger partial charge on any atom is -0.311 e. The second kappa shape index (κ2) is 6.78. The summed E-state index contributed by atoms with van der Waals surface area (Å²) in [7, 11) is 0. The Labute approximate surface area is 108 Å². The van der Waals surface area contributed by atoms with Crippen molar-refractivity contribution in [3.8, 4) is 0 Å². The number of nitrogens with one attached hydrogen (secondary N) is 1. The second-order valence-electron chi connectivity index (χ2n) is 6.77. The van der Waals surface area contributed by atoms with Gasteiger partial charge in [-0.05, 0) is 50.4 Å². The maximum absolute atomic E-state index is 4.01. The highest BCUT2D eigenvalue weighted by Gasteiger charge is 2.32. The molecule has 0 aromatic carbocycles. The van der Waals surface area contributed by atoms with Gasteiger partial charge in [-0.1, -0.05) is 39.5 Å². The van der Waals surface area contributed by atoms with Crippen molar-refractivity contribution in [2.45, 2.75) is 90.1 Å². The van der Waals surface area contributed by atoms with E-state index in [1.807, 2.05) is 0 Å². The van der Waals surface area contributed by atoms with Gasteiger partial charge in [-0.2, -0.15) is 0 Å². The molecule has 1 nitrogen and oxygen atoms in total. The lowest BCUT2D eigenvalue weighted by molar-refractivity contribution is 0.333. The van der Waals surface area contributed by atoms with Crippen molar-refractivity contribution in [3.05, 3.63) is 0 Å². The van der Waals surface area contributed by atoms with Crippen molar-refractivity contribution in [2.75, 3.05) is 0 Å². The highest BCUT2D eigenvalue weighted by Crippen LogP contribution is 2.36. The van der Waals surface area contributed by atoms with Crippen LogP contribution in [0.3, 0.4) is 0 Å². The van der Waals surface area contributed by atoms with Gasteiger partial charge in [0.2, 0.25) is 0 Å². The molecule has 0 aromatic heterocycles. The maximum atomic E-state index is 4.01. The number of hydrogen-bond acceptors (Lipinski definition) is 1. The smallest absolute Gasteiger partial charge is 0.00980 e. The van der Waals surface area contributed by atoms with Gasteiger partial charge < -0.3 is 5.32 Å². The fraction of sp³-hybridized carbons (Fsp3) is 1.00. The molecule has 17 heavy (non-hydrogen) atoms. The van der Waals surface area contributed by atoms with Crippen LogP contribution in [0.15, 0.2) is 0 Å². The average molecular weight is 237 g/mol. The summed E-state index contributed by atoms with van der Waals surface area (Å²) >= 11 is 0. The van der Waals surface area contributed by atoms with E-state index in [2.05, 4.69) is 19.2 Å². The van der Waals surface area contributed by atoms with E-state index in [9.17, 15) is 0 Å². The Hall–Kier alpha value is -0.0400. The maximum Gasteiger partial charge on any atom is 0.00980 e. The third-order valence-corrected chi connectivity index (χ3v) is 4.55. The van der Waals surface area contributed by atoms with Gasteiger partial charge in [0, 0.05) is 12.1 Å². The summed E-state index contributed by atoms with van der Waals surface area (Å²) < 4.78 is 0. The molecule has 0 saturated heterocycles. The third-order valence-electron chi connectivity index (χ3n) is 4.55. The van der Waals surface area contributed by atoms with Crippen molar-refractivity contribution in [2.24, 2.45) is 11.8 Å². The van der Waals surface area contributed by atoms with Crippen LogP contribution in [0.25, 0.3) is 0 Å². The molecule has 0 radical (unpaired) electrons. The van der Waals surface area contributed by atoms with Gasteiger partial charge in [-0.3, -0.25) is 0 Å². The summed E-state index contributed by atoms with van der Waals surface area (Å²) in [6.07, 6.45) is 14.5. The van der Waals surface area contributed by atoms with Gasteiger partial charge in [-0.15, -0.1) is 0 Å². The van der Waals surface area contributed by atoms with Crippen LogP contribution in [-0.2, 0) is 0 Å². The zero-order valence-electron chi connectivity index (χ0n) is 11.9. The molecule has 1 atom stereocenters. The summed E-state index contributed by atoms with van der Waals surface area (Å²) in [6.45, 7) is 4.71. The van der Waals surface area contributed by atoms with Crippen LogP contribution < -0.4 is 5.32 Å². The molecule has 1 N–H and O–H groups in total. The zero-order valence-corrected chi connectivity index (χ0v) is 11.9. The summed E-state index contributed by atoms with van der Waals surface area (Å²) in [4.78, 5) is 0. The van der Waals surface area contributed by atoms with Crippen LogP contribution in [0.1, 0.15) is 78.1 Å². The molecule has 0 bridgehead atoms. The van der Waals surface area contributed by atoms with E-state index in [1.54, 1.807) is 0 Å². The number of hydrogen-bond donors (Lipinski definition) is 1. The molecule has 2 fully saturated rings. The zero-order chi connectivity index (χ0) is 12.1. The predicted molar refractivity (Wildman–Crippen MR) is 75.2 cm³/mol. The molecule has 0 spiro atoms. The first-order valence-corrected chi connectivity index (χ1v) is 8.01. The Morgan fingerprint density at radius 2 is 1.53 bits per heavy atom. The van der Waals surface area contributed by atoms with E-state index in [1.165, 1.54) is 64.2 Å². The lowest BCUT2D eigenvalue weighted by atomic mass is 9.98. The molecule has 0 heterocycles. The van der Waals surface area contributed by atoms with Gasteiger partial charge in [0.25, 0.3) is 0 Å². The first kappa shape index (κ1) is 13.4. The molecule has 2 aliphatic rings. The van der Waals surface area contributed by atoms with Gasteiger partial charge in [0.15, 0.2) is 0 Å². The normalized spacial score (nSPS) is 24.9. The van der Waals surface area contributed by atoms with Gasteiger partial charge in [-0.25, -0.2) is 0 Å². The monoisotopic (exact) mass is 237 g/mol. The molecule has 2 rings (SSSR count). The molecular weight excluding hydrogens is 206 g/mol. The molecule has 2 saturated carbocycles. The van der Waals surface area contributed by atoms with Crippen molar-refractivity contribution in [3.63, 3.8) is 0 Å². The molecule has 0 aromatic rings. The molecule has 2 aliphatic carbocycles. The third kappa shape index (κ3) is 4.99. The van der Waals surface area contributed by atoms with E-state index in [-0.39, 0.29) is 0 Å². The molecular formula is C16H31N. The average Bonchev–Trinajstić information content (AvgIpc) is 3.11. The first-order valence-electron chi connectivity index (χ1n) is 8.01. The lowest BCUT2D eigenvalue weighted by Gasteiger charge is -2.25. The summed E-state index contributed by atoms with van der Waals surface area (Å²) in [5, 5.41) is 4.01. The minimum absolute atomic E-state index is 0.843. The Balaban J connectivity index is 1.75. The fourth-order valence-corrected chi connectivity index (χ4v) is 3.22. The second-order valence-corrected chi connectivity index (χ2v) is 6.77. The Kier molecular flexibility index (Phi) is 5.34. The summed E-state index contributed by atoms with van der Waals surface area (Å²) in [5.74, 6) is 1.89. The Morgan fingerprint density at radius 1 is 0.882 bits per heavy atom. The predicted octanol–water partition coefficient (Wildman–Crippen LogP) is 4.51. The highest BCUT2D eigenvalue weighted by atomic mass is 15.0. The highest BCUT2D eigenvalue weighted by molar-refractivity contribution is 4.89. The Morgan fingerprint density at radius 3 is 2.06 bits per heavy atom. The number of rotatable bonds is 6. The van der Waals surface area contributed by atoms with Crippen LogP contribution in [-0.4, -0.2) is 12.1 Å². The van der Waals surface area contributed by atoms with E-state index >= 15 is 0 Å². The van der Waals surface area contributed by atoms with Crippen molar-refractivity contribution >= 4 is 0 Å². The van der Waals surface area contributed by atoms with E-state index < -0.39 is 0 Å². The van der Waals surface area contributed by atoms with Crippen LogP contribution in [0.5, 0.6) is 0 Å². The molecule has 0 amide bonds. The van der Waals surface area contributed by atoms with E-state index in [4.69, 9.17) is 0 Å². The van der Waals surface area contributed by atoms with Crippen molar-refractivity contribution in [1.82, 2.24) is 5.32 Å². The Bertz CT molecular complexity index is 200. The molecule has 1 unspecified atom stereocenters. The lowest BCUT2D eigenvalue weighted by Crippen LogP contribution is -2.39. The van der Waals surface area contributed by atoms with Crippen LogP contribution in [0.4, 0.5) is 0 Å². The van der Waals surface area contributed by atoms with Crippen LogP contribution in [0.2, 0.25) is 0 Å². The van der Waals surface area contributed by atoms with Gasteiger partial charge in [0.05, 0.1) is 0 Å². The summed E-state index contributed by atoms with van der Waals surface area (Å²) in [6, 6.07) is 1.69. The van der Waals surface area contributed by atoms with Crippen molar-refractivity contribution in [1.29, 1.82) is 0 Å². The van der Waals surface area contributed by atoms with Crippen molar-refractivity contribution < 1.29 is 0 Å². The molecule has 1 heteroatoms. The first-order chi connectivity index (χ1) is 8.25. The van der Waals surface area contributed by atoms with Gasteiger partial charge >= 0.3 is 0 Å². The topological polar surface area (TPSA) is 12.0 Å². The van der Waals surface area contributed by atoms with Gasteiger partial charge in [0.1, 0.15) is 0 Å². The summed E-state index contributed by atoms with van der Waals surface area (Å²) in [5.41, 5.74) is 0. The quantitative estimate of drug-likeness (QED) is 0.670. The van der Waals surface area contributed by atoms with E-state index in [0.717, 1.165) is 23.9 Å². The van der Waals surface area contributed by atoms with E-state index in [0.29, 0.717) is 0 Å². The minimum atomic E-state index is 0.843. The van der Waals surface area contributed by atoms with Crippen LogP contribution >= 0.6 is 0 Å². The standard InChI is InChI=1S/C16H31N/c1-13(2)9-12-16(14-10-11-14)17-15-7-5-3-4-6-8-15/h13-17H,3-12H2,1-2H3. The SMILES string of the molecule is CC(C)CCC(NC1CCCCCC1)C1CC1. The molecule has 0 aliphatic heterocycles. The largest absolute Gasteiger partial charge is 0.311 e. The molecule has 100 valence electrons. The van der Waals surface area contributed by atoms with Crippen LogP contribution in [0, 0.1) is 11.8 Å².